The predicted molar refractivity (Wildman–Crippen MR) is 144 cm³/mol. The largest absolute Gasteiger partial charge is 0.502 e. The van der Waals surface area contributed by atoms with Crippen LogP contribution in [0, 0.1) is 10.1 Å². The Morgan fingerprint density at radius 1 is 1.32 bits per heavy atom. The molecule has 3 aromatic rings. The Balaban J connectivity index is 1.97. The van der Waals surface area contributed by atoms with Gasteiger partial charge in [0.15, 0.2) is 4.80 Å². The first-order valence-electron chi connectivity index (χ1n) is 11.2. The van der Waals surface area contributed by atoms with Gasteiger partial charge in [-0.05, 0) is 43.7 Å². The Kier molecular flexibility index (Phi) is 7.32. The summed E-state index contributed by atoms with van der Waals surface area (Å²) in [6.45, 7) is 3.55. The van der Waals surface area contributed by atoms with Crippen LogP contribution >= 0.6 is 27.3 Å². The van der Waals surface area contributed by atoms with Crippen LogP contribution < -0.4 is 19.8 Å². The lowest BCUT2D eigenvalue weighted by atomic mass is 9.95. The number of halogens is 1. The number of aromatic hydroxyl groups is 1. The second-order valence-electron chi connectivity index (χ2n) is 8.41. The van der Waals surface area contributed by atoms with Crippen molar-refractivity contribution in [3.63, 3.8) is 0 Å². The van der Waals surface area contributed by atoms with Crippen molar-refractivity contribution in [2.75, 3.05) is 25.6 Å². The first-order valence-corrected chi connectivity index (χ1v) is 12.8. The maximum atomic E-state index is 13.7. The molecule has 37 heavy (non-hydrogen) atoms. The molecule has 1 aromatic heterocycles. The van der Waals surface area contributed by atoms with Gasteiger partial charge < -0.3 is 14.7 Å². The van der Waals surface area contributed by atoms with Crippen molar-refractivity contribution in [2.24, 2.45) is 4.99 Å². The van der Waals surface area contributed by atoms with E-state index >= 15 is 0 Å². The highest BCUT2D eigenvalue weighted by Crippen LogP contribution is 2.34. The number of hydrogen-bond acceptors (Lipinski definition) is 9. The first kappa shape index (κ1) is 26.3. The van der Waals surface area contributed by atoms with Gasteiger partial charge in [0.1, 0.15) is 0 Å². The lowest BCUT2D eigenvalue weighted by Gasteiger charge is -2.25. The van der Waals surface area contributed by atoms with Crippen molar-refractivity contribution in [3.8, 4) is 5.75 Å². The fourth-order valence-corrected chi connectivity index (χ4v) is 5.56. The van der Waals surface area contributed by atoms with E-state index in [1.54, 1.807) is 13.8 Å². The Hall–Kier alpha value is -3.77. The maximum absolute atomic E-state index is 13.7. The number of hydrogen-bond donors (Lipinski definition) is 1. The number of nitrogens with zero attached hydrogens (tertiary/aromatic N) is 4. The van der Waals surface area contributed by atoms with Crippen LogP contribution in [0.4, 0.5) is 11.4 Å². The van der Waals surface area contributed by atoms with E-state index in [9.17, 15) is 24.8 Å². The lowest BCUT2D eigenvalue weighted by molar-refractivity contribution is -0.385. The molecule has 0 aliphatic carbocycles. The highest BCUT2D eigenvalue weighted by molar-refractivity contribution is 9.10. The van der Waals surface area contributed by atoms with Gasteiger partial charge in [0, 0.05) is 35.9 Å². The van der Waals surface area contributed by atoms with Crippen molar-refractivity contribution < 1.29 is 19.6 Å². The minimum Gasteiger partial charge on any atom is -0.502 e. The molecule has 0 bridgehead atoms. The zero-order valence-electron chi connectivity index (χ0n) is 20.4. The molecule has 1 N–H and O–H groups in total. The number of phenols is 1. The van der Waals surface area contributed by atoms with Gasteiger partial charge >= 0.3 is 11.7 Å². The zero-order valence-corrected chi connectivity index (χ0v) is 22.8. The van der Waals surface area contributed by atoms with E-state index in [1.165, 1.54) is 22.8 Å². The topological polar surface area (TPSA) is 127 Å². The average Bonchev–Trinajstić information content (AvgIpc) is 3.14. The van der Waals surface area contributed by atoms with E-state index in [0.29, 0.717) is 20.5 Å². The van der Waals surface area contributed by atoms with Crippen molar-refractivity contribution >= 4 is 50.7 Å². The maximum Gasteiger partial charge on any atom is 0.338 e. The van der Waals surface area contributed by atoms with E-state index in [4.69, 9.17) is 4.74 Å². The lowest BCUT2D eigenvalue weighted by Crippen LogP contribution is -2.39. The SMILES string of the molecule is CCOC(=O)C1=C(C)N=c2s/c(=C\c3cc(Br)cc([N+](=O)[O-])c3O)c(=O)n2[C@@H]1c1ccc(N(C)C)cc1. The van der Waals surface area contributed by atoms with Crippen molar-refractivity contribution in [2.45, 2.75) is 19.9 Å². The predicted octanol–water partition coefficient (Wildman–Crippen LogP) is 3.24. The Morgan fingerprint density at radius 3 is 2.59 bits per heavy atom. The molecule has 4 rings (SSSR count). The molecular weight excluding hydrogens is 564 g/mol. The van der Waals surface area contributed by atoms with Gasteiger partial charge in [0.05, 0.1) is 33.4 Å². The Labute approximate surface area is 223 Å². The van der Waals surface area contributed by atoms with Crippen molar-refractivity contribution in [1.29, 1.82) is 0 Å². The van der Waals surface area contributed by atoms with E-state index in [0.717, 1.165) is 17.0 Å². The average molecular weight is 587 g/mol. The number of fused-ring (bicyclic) bond motifs is 1. The van der Waals surface area contributed by atoms with E-state index in [2.05, 4.69) is 20.9 Å². The van der Waals surface area contributed by atoms with Gasteiger partial charge in [-0.2, -0.15) is 0 Å². The van der Waals surface area contributed by atoms with Crippen molar-refractivity contribution in [3.05, 3.63) is 93.1 Å². The van der Waals surface area contributed by atoms with E-state index in [-0.39, 0.29) is 22.3 Å². The van der Waals surface area contributed by atoms with Crippen LogP contribution in [0.25, 0.3) is 6.08 Å². The molecule has 0 amide bonds. The summed E-state index contributed by atoms with van der Waals surface area (Å²) < 4.78 is 7.28. The number of allylic oxidation sites excluding steroid dienone is 1. The second-order valence-corrected chi connectivity index (χ2v) is 10.3. The number of rotatable bonds is 6. The standard InChI is InChI=1S/C25H23BrN4O6S/c1-5-36-24(33)20-13(2)27-25-29(21(20)14-6-8-17(9-7-14)28(3)4)23(32)19(37-25)11-15-10-16(26)12-18(22(15)31)30(34)35/h6-12,21,31H,5H2,1-4H3/b19-11-/t21-/m1/s1. The van der Waals surface area contributed by atoms with Crippen molar-refractivity contribution in [1.82, 2.24) is 4.57 Å². The van der Waals surface area contributed by atoms with Crippen LogP contribution in [0.1, 0.15) is 31.0 Å². The summed E-state index contributed by atoms with van der Waals surface area (Å²) in [5.41, 5.74) is 1.46. The number of anilines is 1. The number of benzene rings is 2. The number of thiazole rings is 1. The van der Waals surface area contributed by atoms with Gasteiger partial charge in [-0.15, -0.1) is 0 Å². The monoisotopic (exact) mass is 586 g/mol. The highest BCUT2D eigenvalue weighted by Gasteiger charge is 2.33. The molecule has 10 nitrogen and oxygen atoms in total. The number of aromatic nitrogens is 1. The summed E-state index contributed by atoms with van der Waals surface area (Å²) in [4.78, 5) is 44.1. The summed E-state index contributed by atoms with van der Waals surface area (Å²) in [5, 5.41) is 21.8. The van der Waals surface area contributed by atoms with E-state index in [1.807, 2.05) is 43.3 Å². The van der Waals surface area contributed by atoms with Crippen LogP contribution in [0.2, 0.25) is 0 Å². The number of carbonyl (C=O) groups excluding carboxylic acids is 1. The number of phenolic OH excluding ortho intramolecular Hbond substituents is 1. The third kappa shape index (κ3) is 4.94. The second kappa shape index (κ2) is 10.3. The minimum absolute atomic E-state index is 0.0968. The third-order valence-electron chi connectivity index (χ3n) is 5.81. The van der Waals surface area contributed by atoms with Crippen LogP contribution in [-0.4, -0.2) is 41.3 Å². The molecule has 12 heteroatoms. The summed E-state index contributed by atoms with van der Waals surface area (Å²) in [5.74, 6) is -1.13. The number of carbonyl (C=O) groups is 1. The number of nitro groups is 1. The quantitative estimate of drug-likeness (QED) is 0.267. The molecule has 1 aliphatic rings. The summed E-state index contributed by atoms with van der Waals surface area (Å²) in [6.07, 6.45) is 1.38. The molecule has 1 aliphatic heterocycles. The molecule has 0 unspecified atom stereocenters. The smallest absolute Gasteiger partial charge is 0.338 e. The van der Waals surface area contributed by atoms with Gasteiger partial charge in [0.25, 0.3) is 5.56 Å². The summed E-state index contributed by atoms with van der Waals surface area (Å²) in [6, 6.07) is 9.34. The normalized spacial score (nSPS) is 15.3. The van der Waals surface area contributed by atoms with Crippen LogP contribution in [0.3, 0.4) is 0 Å². The highest BCUT2D eigenvalue weighted by atomic mass is 79.9. The molecule has 1 atom stereocenters. The summed E-state index contributed by atoms with van der Waals surface area (Å²) >= 11 is 4.27. The van der Waals surface area contributed by atoms with Crippen LogP contribution in [-0.2, 0) is 9.53 Å². The molecule has 0 saturated heterocycles. The first-order chi connectivity index (χ1) is 17.5. The van der Waals surface area contributed by atoms with Crippen LogP contribution in [0.15, 0.2) is 61.9 Å². The number of esters is 1. The molecule has 192 valence electrons. The molecule has 0 radical (unpaired) electrons. The fourth-order valence-electron chi connectivity index (χ4n) is 4.06. The van der Waals surface area contributed by atoms with Gasteiger partial charge in [-0.3, -0.25) is 19.5 Å². The van der Waals surface area contributed by atoms with Gasteiger partial charge in [-0.1, -0.05) is 39.4 Å². The molecule has 0 spiro atoms. The Morgan fingerprint density at radius 2 is 2.00 bits per heavy atom. The Bertz CT molecular complexity index is 1620. The summed E-state index contributed by atoms with van der Waals surface area (Å²) in [7, 11) is 3.82. The number of nitro benzene ring substituents is 1. The van der Waals surface area contributed by atoms with E-state index < -0.39 is 33.9 Å². The fraction of sp³-hybridized carbons (Fsp3) is 0.240. The molecule has 2 aromatic carbocycles. The van der Waals surface area contributed by atoms with Gasteiger partial charge in [-0.25, -0.2) is 9.79 Å². The molecule has 2 heterocycles. The number of ether oxygens (including phenoxy) is 1. The molecular formula is C25H23BrN4O6S. The minimum atomic E-state index is -0.792. The van der Waals surface area contributed by atoms with Crippen LogP contribution in [0.5, 0.6) is 5.75 Å². The van der Waals surface area contributed by atoms with Gasteiger partial charge in [0.2, 0.25) is 5.75 Å². The molecule has 0 saturated carbocycles. The third-order valence-corrected chi connectivity index (χ3v) is 7.25. The molecule has 0 fully saturated rings. The zero-order chi connectivity index (χ0) is 27.0.